The summed E-state index contributed by atoms with van der Waals surface area (Å²) in [6.45, 7) is 0. The lowest BCUT2D eigenvalue weighted by Gasteiger charge is -2.02. The number of methoxy groups -OCH3 is 1. The van der Waals surface area contributed by atoms with Crippen molar-refractivity contribution < 1.29 is 9.13 Å². The van der Waals surface area contributed by atoms with E-state index in [9.17, 15) is 4.39 Å². The molecule has 0 saturated carbocycles. The zero-order chi connectivity index (χ0) is 7.56. The summed E-state index contributed by atoms with van der Waals surface area (Å²) in [5, 5.41) is 0. The van der Waals surface area contributed by atoms with Gasteiger partial charge < -0.3 is 4.74 Å². The van der Waals surface area contributed by atoms with E-state index in [0.29, 0.717) is 4.90 Å². The standard InChI is InChI=1S/C7H7FOS/c1-9-7-5(8)3-2-4-6(7)10/h2-4,10H,1H3. The third kappa shape index (κ3) is 1.24. The minimum absolute atomic E-state index is 0.200. The van der Waals surface area contributed by atoms with Gasteiger partial charge in [-0.1, -0.05) is 6.07 Å². The molecule has 54 valence electrons. The Kier molecular flexibility index (Phi) is 2.17. The number of para-hydroxylation sites is 1. The molecule has 0 radical (unpaired) electrons. The molecule has 0 heterocycles. The first-order valence-electron chi connectivity index (χ1n) is 2.77. The summed E-state index contributed by atoms with van der Waals surface area (Å²) >= 11 is 3.98. The Bertz CT molecular complexity index is 217. The van der Waals surface area contributed by atoms with E-state index in [1.807, 2.05) is 0 Å². The molecule has 1 aromatic carbocycles. The highest BCUT2D eigenvalue weighted by atomic mass is 32.1. The van der Waals surface area contributed by atoms with Crippen molar-refractivity contribution in [1.29, 1.82) is 0 Å². The molecule has 1 nitrogen and oxygen atoms in total. The second-order valence-electron chi connectivity index (χ2n) is 1.79. The summed E-state index contributed by atoms with van der Waals surface area (Å²) in [7, 11) is 1.41. The van der Waals surface area contributed by atoms with E-state index in [-0.39, 0.29) is 11.6 Å². The van der Waals surface area contributed by atoms with Gasteiger partial charge in [-0.2, -0.15) is 0 Å². The summed E-state index contributed by atoms with van der Waals surface area (Å²) in [6, 6.07) is 4.59. The van der Waals surface area contributed by atoms with E-state index in [1.165, 1.54) is 13.2 Å². The Labute approximate surface area is 64.2 Å². The molecule has 0 unspecified atom stereocenters. The summed E-state index contributed by atoms with van der Waals surface area (Å²) in [5.41, 5.74) is 0. The highest BCUT2D eigenvalue weighted by molar-refractivity contribution is 7.80. The predicted octanol–water partition coefficient (Wildman–Crippen LogP) is 2.12. The molecule has 0 aromatic heterocycles. The lowest BCUT2D eigenvalue weighted by atomic mass is 10.3. The molecule has 0 spiro atoms. The molecule has 0 aliphatic heterocycles. The summed E-state index contributed by atoms with van der Waals surface area (Å²) in [4.78, 5) is 0.516. The van der Waals surface area contributed by atoms with Gasteiger partial charge >= 0.3 is 0 Å². The minimum atomic E-state index is -0.380. The van der Waals surface area contributed by atoms with Crippen LogP contribution >= 0.6 is 12.6 Å². The van der Waals surface area contributed by atoms with Gasteiger partial charge in [0.25, 0.3) is 0 Å². The smallest absolute Gasteiger partial charge is 0.167 e. The number of thiol groups is 1. The van der Waals surface area contributed by atoms with Crippen LogP contribution in [-0.4, -0.2) is 7.11 Å². The second kappa shape index (κ2) is 2.92. The van der Waals surface area contributed by atoms with Gasteiger partial charge in [0.15, 0.2) is 11.6 Å². The maximum Gasteiger partial charge on any atom is 0.167 e. The fourth-order valence-electron chi connectivity index (χ4n) is 0.700. The largest absolute Gasteiger partial charge is 0.493 e. The zero-order valence-corrected chi connectivity index (χ0v) is 6.36. The third-order valence-electron chi connectivity index (χ3n) is 1.15. The maximum absolute atomic E-state index is 12.7. The molecule has 0 aliphatic rings. The molecule has 10 heavy (non-hydrogen) atoms. The molecule has 1 aromatic rings. The molecule has 0 atom stereocenters. The average molecular weight is 158 g/mol. The zero-order valence-electron chi connectivity index (χ0n) is 5.47. The number of rotatable bonds is 1. The molecule has 3 heteroatoms. The normalized spacial score (nSPS) is 9.50. The van der Waals surface area contributed by atoms with Gasteiger partial charge in [0, 0.05) is 4.90 Å². The Morgan fingerprint density at radius 2 is 2.20 bits per heavy atom. The molecular formula is C7H7FOS. The number of halogens is 1. The molecule has 0 saturated heterocycles. The van der Waals surface area contributed by atoms with Gasteiger partial charge in [-0.25, -0.2) is 4.39 Å². The van der Waals surface area contributed by atoms with E-state index < -0.39 is 0 Å². The van der Waals surface area contributed by atoms with Crippen molar-refractivity contribution >= 4 is 12.6 Å². The van der Waals surface area contributed by atoms with E-state index in [1.54, 1.807) is 12.1 Å². The van der Waals surface area contributed by atoms with Crippen LogP contribution < -0.4 is 4.74 Å². The van der Waals surface area contributed by atoms with E-state index >= 15 is 0 Å². The fourth-order valence-corrected chi connectivity index (χ4v) is 0.984. The molecule has 0 fully saturated rings. The van der Waals surface area contributed by atoms with Crippen molar-refractivity contribution in [2.45, 2.75) is 4.90 Å². The van der Waals surface area contributed by atoms with Gasteiger partial charge in [0.1, 0.15) is 0 Å². The highest BCUT2D eigenvalue weighted by Crippen LogP contribution is 2.24. The monoisotopic (exact) mass is 158 g/mol. The lowest BCUT2D eigenvalue weighted by Crippen LogP contribution is -1.88. The van der Waals surface area contributed by atoms with Gasteiger partial charge in [0.2, 0.25) is 0 Å². The van der Waals surface area contributed by atoms with Crippen molar-refractivity contribution in [3.8, 4) is 5.75 Å². The molecule has 1 rings (SSSR count). The van der Waals surface area contributed by atoms with Gasteiger partial charge in [-0.3, -0.25) is 0 Å². The third-order valence-corrected chi connectivity index (χ3v) is 1.50. The first-order chi connectivity index (χ1) is 4.75. The predicted molar refractivity (Wildman–Crippen MR) is 40.2 cm³/mol. The Hall–Kier alpha value is -0.700. The summed E-state index contributed by atoms with van der Waals surface area (Å²) < 4.78 is 17.4. The van der Waals surface area contributed by atoms with E-state index in [2.05, 4.69) is 12.6 Å². The van der Waals surface area contributed by atoms with Crippen LogP contribution in [0.15, 0.2) is 23.1 Å². The van der Waals surface area contributed by atoms with Crippen molar-refractivity contribution in [2.75, 3.05) is 7.11 Å². The maximum atomic E-state index is 12.7. The van der Waals surface area contributed by atoms with E-state index in [0.717, 1.165) is 0 Å². The number of ether oxygens (including phenoxy) is 1. The summed E-state index contributed by atoms with van der Waals surface area (Å²) in [5.74, 6) is -0.180. The van der Waals surface area contributed by atoms with Crippen LogP contribution in [0.5, 0.6) is 5.75 Å². The fraction of sp³-hybridized carbons (Fsp3) is 0.143. The Morgan fingerprint density at radius 1 is 1.50 bits per heavy atom. The van der Waals surface area contributed by atoms with Crippen molar-refractivity contribution in [2.24, 2.45) is 0 Å². The first kappa shape index (κ1) is 7.41. The quantitative estimate of drug-likeness (QED) is 0.616. The first-order valence-corrected chi connectivity index (χ1v) is 3.22. The van der Waals surface area contributed by atoms with Gasteiger partial charge in [-0.15, -0.1) is 12.6 Å². The topological polar surface area (TPSA) is 9.23 Å². The lowest BCUT2D eigenvalue weighted by molar-refractivity contribution is 0.376. The molecule has 0 N–H and O–H groups in total. The highest BCUT2D eigenvalue weighted by Gasteiger charge is 2.03. The van der Waals surface area contributed by atoms with E-state index in [4.69, 9.17) is 4.74 Å². The summed E-state index contributed by atoms with van der Waals surface area (Å²) in [6.07, 6.45) is 0. The SMILES string of the molecule is COc1c(F)cccc1S. The molecular weight excluding hydrogens is 151 g/mol. The average Bonchev–Trinajstić information content (AvgIpc) is 1.88. The second-order valence-corrected chi connectivity index (χ2v) is 2.27. The molecule has 0 bridgehead atoms. The van der Waals surface area contributed by atoms with Crippen LogP contribution in [0.2, 0.25) is 0 Å². The molecule has 0 amide bonds. The van der Waals surface area contributed by atoms with Crippen LogP contribution in [0.4, 0.5) is 4.39 Å². The van der Waals surface area contributed by atoms with Crippen LogP contribution in [0.3, 0.4) is 0 Å². The Balaban J connectivity index is 3.17. The van der Waals surface area contributed by atoms with Crippen LogP contribution in [0.25, 0.3) is 0 Å². The van der Waals surface area contributed by atoms with Crippen molar-refractivity contribution in [3.63, 3.8) is 0 Å². The Morgan fingerprint density at radius 3 is 2.60 bits per heavy atom. The van der Waals surface area contributed by atoms with Gasteiger partial charge in [0.05, 0.1) is 7.11 Å². The number of benzene rings is 1. The van der Waals surface area contributed by atoms with Crippen molar-refractivity contribution in [1.82, 2.24) is 0 Å². The van der Waals surface area contributed by atoms with Crippen LogP contribution in [0.1, 0.15) is 0 Å². The van der Waals surface area contributed by atoms with Crippen LogP contribution in [-0.2, 0) is 0 Å². The number of hydrogen-bond donors (Lipinski definition) is 1. The van der Waals surface area contributed by atoms with Crippen LogP contribution in [0, 0.1) is 5.82 Å². The molecule has 0 aliphatic carbocycles. The minimum Gasteiger partial charge on any atom is -0.493 e. The van der Waals surface area contributed by atoms with Gasteiger partial charge in [-0.05, 0) is 12.1 Å². The number of hydrogen-bond acceptors (Lipinski definition) is 2. The van der Waals surface area contributed by atoms with Crippen molar-refractivity contribution in [3.05, 3.63) is 24.0 Å².